The fraction of sp³-hybridized carbons (Fsp3) is 0.741. The monoisotopic (exact) mass is 425 g/mol. The Hall–Kier alpha value is -1.55. The van der Waals surface area contributed by atoms with Crippen LogP contribution < -0.4 is 4.74 Å². The quantitative estimate of drug-likeness (QED) is 0.670. The highest BCUT2D eigenvalue weighted by Crippen LogP contribution is 2.62. The number of piperidine rings is 1. The number of rotatable bonds is 7. The Morgan fingerprint density at radius 3 is 2.39 bits per heavy atom. The molecule has 4 heteroatoms. The normalized spacial score (nSPS) is 34.8. The van der Waals surface area contributed by atoms with Gasteiger partial charge in [0.15, 0.2) is 0 Å². The van der Waals surface area contributed by atoms with Crippen molar-refractivity contribution in [2.75, 3.05) is 19.7 Å². The molecule has 1 aromatic rings. The number of nitrogens with zero attached hydrogens (tertiary/aromatic N) is 1. The molecular weight excluding hydrogens is 386 g/mol. The first-order chi connectivity index (χ1) is 14.9. The van der Waals surface area contributed by atoms with Gasteiger partial charge in [-0.25, -0.2) is 0 Å². The third-order valence-corrected chi connectivity index (χ3v) is 8.72. The summed E-state index contributed by atoms with van der Waals surface area (Å²) in [6, 6.07) is 8.51. The second-order valence-electron chi connectivity index (χ2n) is 11.3. The third-order valence-electron chi connectivity index (χ3n) is 8.72. The van der Waals surface area contributed by atoms with Crippen LogP contribution in [0.3, 0.4) is 0 Å². The van der Waals surface area contributed by atoms with Crippen LogP contribution >= 0.6 is 0 Å². The molecule has 4 saturated carbocycles. The van der Waals surface area contributed by atoms with E-state index in [9.17, 15) is 9.90 Å². The van der Waals surface area contributed by atoms with Gasteiger partial charge >= 0.3 is 0 Å². The minimum Gasteiger partial charge on any atom is -0.494 e. The van der Waals surface area contributed by atoms with Crippen molar-refractivity contribution in [2.24, 2.45) is 23.2 Å². The topological polar surface area (TPSA) is 49.8 Å². The van der Waals surface area contributed by atoms with E-state index in [1.54, 1.807) is 0 Å². The molecule has 1 N–H and O–H groups in total. The fourth-order valence-electron chi connectivity index (χ4n) is 7.80. The van der Waals surface area contributed by atoms with E-state index in [1.165, 1.54) is 31.2 Å². The molecule has 0 spiro atoms. The average Bonchev–Trinajstić information content (AvgIpc) is 2.72. The summed E-state index contributed by atoms with van der Waals surface area (Å²) in [6.07, 6.45) is 11.7. The molecule has 0 radical (unpaired) electrons. The van der Waals surface area contributed by atoms with Crippen molar-refractivity contribution in [3.8, 4) is 5.75 Å². The number of aryl methyl sites for hydroxylation is 1. The summed E-state index contributed by atoms with van der Waals surface area (Å²) in [5.41, 5.74) is 1.01. The van der Waals surface area contributed by atoms with E-state index in [4.69, 9.17) is 4.74 Å². The molecule has 1 aromatic carbocycles. The minimum absolute atomic E-state index is 0.0976. The second kappa shape index (κ2) is 8.42. The van der Waals surface area contributed by atoms with Gasteiger partial charge in [0.1, 0.15) is 5.75 Å². The van der Waals surface area contributed by atoms with Gasteiger partial charge in [-0.2, -0.15) is 0 Å². The molecular formula is C27H39NO3. The maximum absolute atomic E-state index is 13.2. The lowest BCUT2D eigenvalue weighted by Crippen LogP contribution is -2.56. The van der Waals surface area contributed by atoms with Crippen molar-refractivity contribution in [2.45, 2.75) is 83.2 Å². The van der Waals surface area contributed by atoms with Gasteiger partial charge in [0.25, 0.3) is 0 Å². The Bertz CT molecular complexity index is 766. The molecule has 6 rings (SSSR count). The average molecular weight is 426 g/mol. The lowest BCUT2D eigenvalue weighted by molar-refractivity contribution is -0.172. The predicted octanol–water partition coefficient (Wildman–Crippen LogP) is 4.98. The van der Waals surface area contributed by atoms with E-state index in [0.29, 0.717) is 30.8 Å². The first kappa shape index (κ1) is 21.3. The first-order valence-electron chi connectivity index (χ1n) is 12.7. The summed E-state index contributed by atoms with van der Waals surface area (Å²) in [4.78, 5) is 15.3. The van der Waals surface area contributed by atoms with E-state index >= 15 is 0 Å². The standard InChI is InChI=1S/C27H39NO3/c1-2-31-24-7-5-20(6-8-24)3-4-21-9-11-28(12-10-21)25(29)18-26-14-22-13-23(15-26)17-27(30,16-22)19-26/h5-8,21-23,30H,2-4,9-19H2,1H3. The Morgan fingerprint density at radius 2 is 1.77 bits per heavy atom. The highest BCUT2D eigenvalue weighted by molar-refractivity contribution is 5.77. The van der Waals surface area contributed by atoms with Crippen LogP contribution in [0.2, 0.25) is 0 Å². The van der Waals surface area contributed by atoms with Crippen molar-refractivity contribution in [3.63, 3.8) is 0 Å². The molecule has 5 aliphatic rings. The van der Waals surface area contributed by atoms with Crippen molar-refractivity contribution < 1.29 is 14.6 Å². The third kappa shape index (κ3) is 4.65. The van der Waals surface area contributed by atoms with Crippen LogP contribution in [0.15, 0.2) is 24.3 Å². The maximum atomic E-state index is 13.2. The molecule has 31 heavy (non-hydrogen) atoms. The van der Waals surface area contributed by atoms with Crippen LogP contribution in [-0.2, 0) is 11.2 Å². The van der Waals surface area contributed by atoms with Gasteiger partial charge in [0.2, 0.25) is 5.91 Å². The summed E-state index contributed by atoms with van der Waals surface area (Å²) >= 11 is 0. The number of likely N-dealkylation sites (tertiary alicyclic amines) is 1. The Balaban J connectivity index is 1.09. The molecule has 1 heterocycles. The van der Waals surface area contributed by atoms with E-state index in [0.717, 1.165) is 63.3 Å². The summed E-state index contributed by atoms with van der Waals surface area (Å²) in [5.74, 6) is 3.34. The molecule has 1 amide bonds. The number of amides is 1. The SMILES string of the molecule is CCOc1ccc(CCC2CCN(C(=O)CC34CC5CC(CC(O)(C5)C3)C4)CC2)cc1. The number of hydrogen-bond acceptors (Lipinski definition) is 3. The first-order valence-corrected chi connectivity index (χ1v) is 12.7. The molecule has 4 bridgehead atoms. The van der Waals surface area contributed by atoms with Crippen molar-refractivity contribution in [1.29, 1.82) is 0 Å². The largest absolute Gasteiger partial charge is 0.494 e. The molecule has 5 fully saturated rings. The van der Waals surface area contributed by atoms with Gasteiger partial charge in [0.05, 0.1) is 12.2 Å². The lowest BCUT2D eigenvalue weighted by atomic mass is 9.47. The molecule has 1 saturated heterocycles. The van der Waals surface area contributed by atoms with Crippen LogP contribution in [0.5, 0.6) is 5.75 Å². The van der Waals surface area contributed by atoms with Gasteiger partial charge < -0.3 is 14.7 Å². The van der Waals surface area contributed by atoms with Crippen LogP contribution in [0.25, 0.3) is 0 Å². The molecule has 170 valence electrons. The zero-order chi connectivity index (χ0) is 21.5. The van der Waals surface area contributed by atoms with Crippen molar-refractivity contribution in [1.82, 2.24) is 4.90 Å². The maximum Gasteiger partial charge on any atom is 0.223 e. The number of carbonyl (C=O) groups excluding carboxylic acids is 1. The molecule has 1 aliphatic heterocycles. The summed E-state index contributed by atoms with van der Waals surface area (Å²) in [6.45, 7) is 4.55. The van der Waals surface area contributed by atoms with Gasteiger partial charge in [-0.05, 0) is 112 Å². The summed E-state index contributed by atoms with van der Waals surface area (Å²) in [7, 11) is 0. The predicted molar refractivity (Wildman–Crippen MR) is 122 cm³/mol. The van der Waals surface area contributed by atoms with E-state index in [2.05, 4.69) is 29.2 Å². The Labute approximate surface area is 187 Å². The number of ether oxygens (including phenoxy) is 1. The van der Waals surface area contributed by atoms with Crippen LogP contribution in [0.4, 0.5) is 0 Å². The number of hydrogen-bond donors (Lipinski definition) is 1. The van der Waals surface area contributed by atoms with Gasteiger partial charge in [-0.15, -0.1) is 0 Å². The number of carbonyl (C=O) groups is 1. The van der Waals surface area contributed by atoms with Crippen LogP contribution in [-0.4, -0.2) is 41.2 Å². The fourth-order valence-corrected chi connectivity index (χ4v) is 7.80. The molecule has 0 aromatic heterocycles. The second-order valence-corrected chi connectivity index (χ2v) is 11.3. The van der Waals surface area contributed by atoms with Gasteiger partial charge in [-0.1, -0.05) is 12.1 Å². The van der Waals surface area contributed by atoms with E-state index < -0.39 is 5.60 Å². The highest BCUT2D eigenvalue weighted by Gasteiger charge is 2.57. The van der Waals surface area contributed by atoms with Crippen LogP contribution in [0, 0.1) is 23.2 Å². The van der Waals surface area contributed by atoms with Gasteiger partial charge in [0, 0.05) is 19.5 Å². The summed E-state index contributed by atoms with van der Waals surface area (Å²) in [5, 5.41) is 11.0. The van der Waals surface area contributed by atoms with Crippen molar-refractivity contribution in [3.05, 3.63) is 29.8 Å². The molecule has 4 aliphatic carbocycles. The smallest absolute Gasteiger partial charge is 0.223 e. The van der Waals surface area contributed by atoms with Crippen molar-refractivity contribution >= 4 is 5.91 Å². The molecule has 2 unspecified atom stereocenters. The minimum atomic E-state index is -0.460. The molecule has 2 atom stereocenters. The zero-order valence-electron chi connectivity index (χ0n) is 19.2. The number of aliphatic hydroxyl groups is 1. The number of benzene rings is 1. The highest BCUT2D eigenvalue weighted by atomic mass is 16.5. The Kier molecular flexibility index (Phi) is 5.79. The summed E-state index contributed by atoms with van der Waals surface area (Å²) < 4.78 is 5.53. The van der Waals surface area contributed by atoms with E-state index in [-0.39, 0.29) is 5.41 Å². The Morgan fingerprint density at radius 1 is 1.10 bits per heavy atom. The van der Waals surface area contributed by atoms with Gasteiger partial charge in [-0.3, -0.25) is 4.79 Å². The molecule has 4 nitrogen and oxygen atoms in total. The zero-order valence-corrected chi connectivity index (χ0v) is 19.2. The van der Waals surface area contributed by atoms with E-state index in [1.807, 2.05) is 6.92 Å². The lowest BCUT2D eigenvalue weighted by Gasteiger charge is -2.60. The van der Waals surface area contributed by atoms with Crippen LogP contribution in [0.1, 0.15) is 76.7 Å².